The van der Waals surface area contributed by atoms with Gasteiger partial charge in [-0.15, -0.1) is 0 Å². The predicted octanol–water partition coefficient (Wildman–Crippen LogP) is 2.66. The lowest BCUT2D eigenvalue weighted by Gasteiger charge is -2.20. The Morgan fingerprint density at radius 1 is 1.37 bits per heavy atom. The molecule has 1 aromatic rings. The van der Waals surface area contributed by atoms with E-state index in [4.69, 9.17) is 4.74 Å². The summed E-state index contributed by atoms with van der Waals surface area (Å²) in [4.78, 5) is 2.29. The summed E-state index contributed by atoms with van der Waals surface area (Å²) in [5.74, 6) is 0.979. The molecular weight excluding hydrogens is 236 g/mol. The van der Waals surface area contributed by atoms with Gasteiger partial charge in [0.25, 0.3) is 0 Å². The van der Waals surface area contributed by atoms with Gasteiger partial charge in [0, 0.05) is 25.2 Å². The second-order valence-electron chi connectivity index (χ2n) is 5.73. The Balaban J connectivity index is 1.74. The molecule has 0 unspecified atom stereocenters. The fraction of sp³-hybridized carbons (Fsp3) is 0.625. The van der Waals surface area contributed by atoms with Gasteiger partial charge in [-0.05, 0) is 51.4 Å². The SMILES string of the molecule is CC(C)N(C)CCOc1cccc(CNC2CC2)c1. The number of nitrogens with one attached hydrogen (secondary N) is 1. The molecule has 1 aliphatic carbocycles. The second-order valence-corrected chi connectivity index (χ2v) is 5.73. The summed E-state index contributed by atoms with van der Waals surface area (Å²) in [5, 5.41) is 3.53. The molecule has 0 radical (unpaired) electrons. The number of benzene rings is 1. The Bertz CT molecular complexity index is 388. The fourth-order valence-electron chi connectivity index (χ4n) is 1.86. The van der Waals surface area contributed by atoms with E-state index in [9.17, 15) is 0 Å². The van der Waals surface area contributed by atoms with Crippen molar-refractivity contribution in [2.45, 2.75) is 45.3 Å². The number of likely N-dealkylation sites (N-methyl/N-ethyl adjacent to an activating group) is 1. The molecule has 0 bridgehead atoms. The van der Waals surface area contributed by atoms with Crippen molar-refractivity contribution in [3.63, 3.8) is 0 Å². The van der Waals surface area contributed by atoms with Crippen LogP contribution in [-0.2, 0) is 6.54 Å². The molecule has 3 heteroatoms. The van der Waals surface area contributed by atoms with Gasteiger partial charge in [-0.3, -0.25) is 0 Å². The lowest BCUT2D eigenvalue weighted by atomic mass is 10.2. The summed E-state index contributed by atoms with van der Waals surface area (Å²) in [6.07, 6.45) is 2.66. The number of hydrogen-bond acceptors (Lipinski definition) is 3. The molecule has 2 rings (SSSR count). The maximum Gasteiger partial charge on any atom is 0.119 e. The van der Waals surface area contributed by atoms with Crippen LogP contribution in [0.5, 0.6) is 5.75 Å². The quantitative estimate of drug-likeness (QED) is 0.779. The van der Waals surface area contributed by atoms with Crippen LogP contribution in [0.3, 0.4) is 0 Å². The lowest BCUT2D eigenvalue weighted by Crippen LogP contribution is -2.30. The summed E-state index contributed by atoms with van der Waals surface area (Å²) in [6.45, 7) is 7.05. The zero-order chi connectivity index (χ0) is 13.7. The Hall–Kier alpha value is -1.06. The fourth-order valence-corrected chi connectivity index (χ4v) is 1.86. The van der Waals surface area contributed by atoms with Crippen LogP contribution in [0.15, 0.2) is 24.3 Å². The highest BCUT2D eigenvalue weighted by molar-refractivity contribution is 5.28. The van der Waals surface area contributed by atoms with E-state index in [0.717, 1.165) is 31.5 Å². The number of hydrogen-bond donors (Lipinski definition) is 1. The molecule has 0 spiro atoms. The second kappa shape index (κ2) is 6.92. The molecule has 1 saturated carbocycles. The van der Waals surface area contributed by atoms with Gasteiger partial charge in [0.1, 0.15) is 12.4 Å². The van der Waals surface area contributed by atoms with Crippen molar-refractivity contribution < 1.29 is 4.74 Å². The molecule has 0 saturated heterocycles. The molecule has 3 nitrogen and oxygen atoms in total. The van der Waals surface area contributed by atoms with E-state index in [1.54, 1.807) is 0 Å². The first-order chi connectivity index (χ1) is 9.15. The van der Waals surface area contributed by atoms with Crippen molar-refractivity contribution in [1.82, 2.24) is 10.2 Å². The minimum atomic E-state index is 0.567. The van der Waals surface area contributed by atoms with Crippen molar-refractivity contribution in [2.24, 2.45) is 0 Å². The summed E-state index contributed by atoms with van der Waals surface area (Å²) < 4.78 is 5.82. The Kier molecular flexibility index (Phi) is 5.23. The van der Waals surface area contributed by atoms with Crippen LogP contribution in [0.25, 0.3) is 0 Å². The van der Waals surface area contributed by atoms with Gasteiger partial charge in [-0.1, -0.05) is 12.1 Å². The molecule has 1 N–H and O–H groups in total. The van der Waals surface area contributed by atoms with E-state index >= 15 is 0 Å². The third kappa shape index (κ3) is 5.21. The van der Waals surface area contributed by atoms with Crippen LogP contribution in [-0.4, -0.2) is 37.2 Å². The van der Waals surface area contributed by atoms with Gasteiger partial charge in [0.05, 0.1) is 0 Å². The molecule has 0 atom stereocenters. The molecule has 0 amide bonds. The maximum absolute atomic E-state index is 5.82. The largest absolute Gasteiger partial charge is 0.492 e. The normalized spacial score (nSPS) is 15.2. The Morgan fingerprint density at radius 2 is 2.16 bits per heavy atom. The number of rotatable bonds is 8. The summed E-state index contributed by atoms with van der Waals surface area (Å²) in [5.41, 5.74) is 1.31. The highest BCUT2D eigenvalue weighted by Crippen LogP contribution is 2.20. The van der Waals surface area contributed by atoms with Gasteiger partial charge in [-0.25, -0.2) is 0 Å². The van der Waals surface area contributed by atoms with E-state index in [0.29, 0.717) is 6.04 Å². The standard InChI is InChI=1S/C16H26N2O/c1-13(2)18(3)9-10-19-16-6-4-5-14(11-16)12-17-15-7-8-15/h4-6,11,13,15,17H,7-10,12H2,1-3H3. The van der Waals surface area contributed by atoms with Crippen LogP contribution in [0.2, 0.25) is 0 Å². The average Bonchev–Trinajstić information content (AvgIpc) is 3.20. The minimum Gasteiger partial charge on any atom is -0.492 e. The summed E-state index contributed by atoms with van der Waals surface area (Å²) in [7, 11) is 2.13. The average molecular weight is 262 g/mol. The molecule has 19 heavy (non-hydrogen) atoms. The van der Waals surface area contributed by atoms with Crippen molar-refractivity contribution in [2.75, 3.05) is 20.2 Å². The van der Waals surface area contributed by atoms with Gasteiger partial charge >= 0.3 is 0 Å². The van der Waals surface area contributed by atoms with E-state index in [1.165, 1.54) is 18.4 Å². The van der Waals surface area contributed by atoms with Crippen LogP contribution in [0.4, 0.5) is 0 Å². The van der Waals surface area contributed by atoms with E-state index in [-0.39, 0.29) is 0 Å². The molecule has 106 valence electrons. The molecule has 1 aliphatic rings. The highest BCUT2D eigenvalue weighted by atomic mass is 16.5. The Labute approximate surface area is 116 Å². The third-order valence-electron chi connectivity index (χ3n) is 3.66. The summed E-state index contributed by atoms with van der Waals surface area (Å²) in [6, 6.07) is 9.73. The van der Waals surface area contributed by atoms with E-state index in [1.807, 2.05) is 6.07 Å². The van der Waals surface area contributed by atoms with Gasteiger partial charge in [-0.2, -0.15) is 0 Å². The van der Waals surface area contributed by atoms with Crippen molar-refractivity contribution in [3.05, 3.63) is 29.8 Å². The zero-order valence-corrected chi connectivity index (χ0v) is 12.4. The van der Waals surface area contributed by atoms with Crippen LogP contribution < -0.4 is 10.1 Å². The first-order valence-electron chi connectivity index (χ1n) is 7.30. The zero-order valence-electron chi connectivity index (χ0n) is 12.4. The first kappa shape index (κ1) is 14.4. The number of nitrogens with zero attached hydrogens (tertiary/aromatic N) is 1. The monoisotopic (exact) mass is 262 g/mol. The van der Waals surface area contributed by atoms with Gasteiger partial charge in [0.15, 0.2) is 0 Å². The maximum atomic E-state index is 5.82. The third-order valence-corrected chi connectivity index (χ3v) is 3.66. The van der Waals surface area contributed by atoms with Crippen molar-refractivity contribution in [3.8, 4) is 5.75 Å². The topological polar surface area (TPSA) is 24.5 Å². The van der Waals surface area contributed by atoms with Crippen LogP contribution >= 0.6 is 0 Å². The lowest BCUT2D eigenvalue weighted by molar-refractivity contribution is 0.208. The van der Waals surface area contributed by atoms with Gasteiger partial charge < -0.3 is 15.0 Å². The minimum absolute atomic E-state index is 0.567. The predicted molar refractivity (Wildman–Crippen MR) is 79.6 cm³/mol. The number of ether oxygens (including phenoxy) is 1. The molecule has 1 fully saturated rings. The highest BCUT2D eigenvalue weighted by Gasteiger charge is 2.19. The van der Waals surface area contributed by atoms with Gasteiger partial charge in [0.2, 0.25) is 0 Å². The van der Waals surface area contributed by atoms with E-state index in [2.05, 4.69) is 49.3 Å². The van der Waals surface area contributed by atoms with Crippen LogP contribution in [0, 0.1) is 0 Å². The molecular formula is C16H26N2O. The summed E-state index contributed by atoms with van der Waals surface area (Å²) >= 11 is 0. The van der Waals surface area contributed by atoms with Crippen molar-refractivity contribution >= 4 is 0 Å². The van der Waals surface area contributed by atoms with Crippen LogP contribution in [0.1, 0.15) is 32.3 Å². The molecule has 1 aromatic carbocycles. The van der Waals surface area contributed by atoms with E-state index < -0.39 is 0 Å². The first-order valence-corrected chi connectivity index (χ1v) is 7.30. The Morgan fingerprint density at radius 3 is 2.84 bits per heavy atom. The smallest absolute Gasteiger partial charge is 0.119 e. The molecule has 0 aromatic heterocycles. The molecule has 0 aliphatic heterocycles. The van der Waals surface area contributed by atoms with Crippen molar-refractivity contribution in [1.29, 1.82) is 0 Å². The molecule has 0 heterocycles.